The Balaban J connectivity index is 0.000000146. The summed E-state index contributed by atoms with van der Waals surface area (Å²) < 4.78 is 3.32. The highest BCUT2D eigenvalue weighted by molar-refractivity contribution is 6.37. The van der Waals surface area contributed by atoms with Crippen molar-refractivity contribution in [1.82, 2.24) is 29.5 Å². The highest BCUT2D eigenvalue weighted by atomic mass is 35.5. The Labute approximate surface area is 158 Å². The molecule has 0 saturated heterocycles. The van der Waals surface area contributed by atoms with E-state index in [0.29, 0.717) is 20.8 Å². The van der Waals surface area contributed by atoms with Gasteiger partial charge in [0, 0.05) is 14.1 Å². The van der Waals surface area contributed by atoms with E-state index in [9.17, 15) is 0 Å². The van der Waals surface area contributed by atoms with E-state index in [1.807, 2.05) is 7.05 Å². The lowest BCUT2D eigenvalue weighted by Crippen LogP contribution is -1.92. The van der Waals surface area contributed by atoms with Crippen LogP contribution in [0.15, 0.2) is 31.1 Å². The molecule has 4 rings (SSSR count). The Morgan fingerprint density at radius 3 is 1.96 bits per heavy atom. The number of nitrogens with zero attached hydrogens (tertiary/aromatic N) is 6. The molecule has 0 spiro atoms. The third-order valence-electron chi connectivity index (χ3n) is 3.51. The predicted octanol–water partition coefficient (Wildman–Crippen LogP) is 4.54. The molecular formula is C16H13Cl3N6. The number of fused-ring (bicyclic) bond motifs is 2. The second-order valence-electron chi connectivity index (χ2n) is 5.17. The molecular weight excluding hydrogens is 383 g/mol. The van der Waals surface area contributed by atoms with Crippen molar-refractivity contribution in [2.75, 3.05) is 0 Å². The van der Waals surface area contributed by atoms with Crippen LogP contribution >= 0.6 is 34.8 Å². The molecule has 0 aliphatic carbocycles. The van der Waals surface area contributed by atoms with E-state index < -0.39 is 0 Å². The van der Waals surface area contributed by atoms with Crippen LogP contribution in [0.2, 0.25) is 15.2 Å². The highest BCUT2D eigenvalue weighted by Gasteiger charge is 2.07. The fourth-order valence-electron chi connectivity index (χ4n) is 2.25. The van der Waals surface area contributed by atoms with Gasteiger partial charge in [0.15, 0.2) is 11.3 Å². The minimum atomic E-state index is 0.385. The van der Waals surface area contributed by atoms with Crippen molar-refractivity contribution in [3.8, 4) is 0 Å². The number of pyridine rings is 2. The summed E-state index contributed by atoms with van der Waals surface area (Å²) in [6.45, 7) is 3.64. The highest BCUT2D eigenvalue weighted by Crippen LogP contribution is 2.24. The van der Waals surface area contributed by atoms with Gasteiger partial charge in [0.2, 0.25) is 0 Å². The second-order valence-corrected chi connectivity index (χ2v) is 6.37. The van der Waals surface area contributed by atoms with Crippen LogP contribution in [0, 0.1) is 0 Å². The van der Waals surface area contributed by atoms with Gasteiger partial charge in [-0.05, 0) is 18.2 Å². The van der Waals surface area contributed by atoms with Crippen LogP contribution in [0.25, 0.3) is 28.1 Å². The van der Waals surface area contributed by atoms with Gasteiger partial charge in [0.05, 0.1) is 38.9 Å². The average Bonchev–Trinajstić information content (AvgIpc) is 3.13. The lowest BCUT2D eigenvalue weighted by atomic mass is 10.3. The molecule has 6 nitrogen and oxygen atoms in total. The van der Waals surface area contributed by atoms with E-state index in [1.165, 1.54) is 0 Å². The molecule has 0 unspecified atom stereocenters. The minimum Gasteiger partial charge on any atom is -0.250 e. The Bertz CT molecular complexity index is 1080. The first-order chi connectivity index (χ1) is 11.9. The molecule has 0 radical (unpaired) electrons. The van der Waals surface area contributed by atoms with Crippen molar-refractivity contribution in [2.45, 2.75) is 0 Å². The standard InChI is InChI=1S/C9H8ClN3.C7H5Cl2N3/c1-3-6-4-8(10)7-5-11-13(2)9(7)12-6;1-12-7-4(3-10-12)5(8)2-6(9)11-7/h3-5H,1H2,2H3;2-3H,1H3. The van der Waals surface area contributed by atoms with Gasteiger partial charge in [-0.15, -0.1) is 0 Å². The molecule has 0 aromatic carbocycles. The maximum Gasteiger partial charge on any atom is 0.160 e. The van der Waals surface area contributed by atoms with E-state index in [-0.39, 0.29) is 0 Å². The summed E-state index contributed by atoms with van der Waals surface area (Å²) in [5.74, 6) is 0. The summed E-state index contributed by atoms with van der Waals surface area (Å²) in [4.78, 5) is 8.39. The summed E-state index contributed by atoms with van der Waals surface area (Å²) in [5.41, 5.74) is 2.25. The molecule has 0 bridgehead atoms. The molecule has 0 fully saturated rings. The molecule has 0 amide bonds. The van der Waals surface area contributed by atoms with Crippen LogP contribution in [0.5, 0.6) is 0 Å². The van der Waals surface area contributed by atoms with Gasteiger partial charge >= 0.3 is 0 Å². The van der Waals surface area contributed by atoms with Crippen molar-refractivity contribution < 1.29 is 0 Å². The maximum absolute atomic E-state index is 6.01. The van der Waals surface area contributed by atoms with Crippen LogP contribution in [0.4, 0.5) is 0 Å². The largest absolute Gasteiger partial charge is 0.250 e. The lowest BCUT2D eigenvalue weighted by molar-refractivity contribution is 0.786. The van der Waals surface area contributed by atoms with Gasteiger partial charge in [-0.25, -0.2) is 9.97 Å². The first-order valence-corrected chi connectivity index (χ1v) is 8.28. The van der Waals surface area contributed by atoms with Crippen LogP contribution in [0.3, 0.4) is 0 Å². The topological polar surface area (TPSA) is 61.4 Å². The molecule has 4 aromatic heterocycles. The molecule has 128 valence electrons. The van der Waals surface area contributed by atoms with E-state index in [4.69, 9.17) is 34.8 Å². The number of halogens is 3. The summed E-state index contributed by atoms with van der Waals surface area (Å²) in [6, 6.07) is 3.38. The summed E-state index contributed by atoms with van der Waals surface area (Å²) in [5, 5.41) is 11.4. The van der Waals surface area contributed by atoms with E-state index >= 15 is 0 Å². The quantitative estimate of drug-likeness (QED) is 0.444. The van der Waals surface area contributed by atoms with Gasteiger partial charge in [-0.3, -0.25) is 9.36 Å². The van der Waals surface area contributed by atoms with Gasteiger partial charge in [-0.1, -0.05) is 41.4 Å². The van der Waals surface area contributed by atoms with Crippen molar-refractivity contribution in [1.29, 1.82) is 0 Å². The Kier molecular flexibility index (Phi) is 4.94. The molecule has 0 aliphatic heterocycles. The zero-order valence-electron chi connectivity index (χ0n) is 13.4. The van der Waals surface area contributed by atoms with E-state index in [0.717, 1.165) is 22.1 Å². The van der Waals surface area contributed by atoms with E-state index in [1.54, 1.807) is 47.0 Å². The summed E-state index contributed by atoms with van der Waals surface area (Å²) >= 11 is 17.6. The normalized spacial score (nSPS) is 10.8. The molecule has 0 atom stereocenters. The first kappa shape index (κ1) is 17.7. The number of hydrogen-bond acceptors (Lipinski definition) is 4. The smallest absolute Gasteiger partial charge is 0.160 e. The fraction of sp³-hybridized carbons (Fsp3) is 0.125. The van der Waals surface area contributed by atoms with Crippen LogP contribution in [-0.2, 0) is 14.1 Å². The number of hydrogen-bond donors (Lipinski definition) is 0. The SMILES string of the molecule is C=Cc1cc(Cl)c2cnn(C)c2n1.Cn1ncc2c(Cl)cc(Cl)nc21. The molecule has 4 heterocycles. The van der Waals surface area contributed by atoms with Crippen LogP contribution < -0.4 is 0 Å². The van der Waals surface area contributed by atoms with Crippen molar-refractivity contribution in [3.05, 3.63) is 52.0 Å². The first-order valence-electron chi connectivity index (χ1n) is 7.15. The van der Waals surface area contributed by atoms with Crippen molar-refractivity contribution in [2.24, 2.45) is 14.1 Å². The maximum atomic E-state index is 6.01. The van der Waals surface area contributed by atoms with Crippen molar-refractivity contribution in [3.63, 3.8) is 0 Å². The summed E-state index contributed by atoms with van der Waals surface area (Å²) in [7, 11) is 3.63. The average molecular weight is 396 g/mol. The van der Waals surface area contributed by atoms with Gasteiger partial charge < -0.3 is 0 Å². The van der Waals surface area contributed by atoms with E-state index in [2.05, 4.69) is 26.7 Å². The third kappa shape index (κ3) is 3.46. The van der Waals surface area contributed by atoms with Crippen LogP contribution in [-0.4, -0.2) is 29.5 Å². The fourth-order valence-corrected chi connectivity index (χ4v) is 2.97. The van der Waals surface area contributed by atoms with Gasteiger partial charge in [0.25, 0.3) is 0 Å². The second kappa shape index (κ2) is 7.00. The molecule has 25 heavy (non-hydrogen) atoms. The van der Waals surface area contributed by atoms with Crippen LogP contribution in [0.1, 0.15) is 5.69 Å². The molecule has 0 aliphatic rings. The molecule has 0 saturated carbocycles. The summed E-state index contributed by atoms with van der Waals surface area (Å²) in [6.07, 6.45) is 5.04. The Hall–Kier alpha value is -2.15. The molecule has 0 N–H and O–H groups in total. The molecule has 9 heteroatoms. The van der Waals surface area contributed by atoms with Gasteiger partial charge in [0.1, 0.15) is 5.15 Å². The monoisotopic (exact) mass is 394 g/mol. The predicted molar refractivity (Wildman–Crippen MR) is 102 cm³/mol. The number of aryl methyl sites for hydroxylation is 2. The lowest BCUT2D eigenvalue weighted by Gasteiger charge is -1.97. The third-order valence-corrected chi connectivity index (χ3v) is 4.33. The number of rotatable bonds is 1. The minimum absolute atomic E-state index is 0.385. The Morgan fingerprint density at radius 2 is 1.40 bits per heavy atom. The van der Waals surface area contributed by atoms with Gasteiger partial charge in [-0.2, -0.15) is 10.2 Å². The zero-order valence-corrected chi connectivity index (χ0v) is 15.7. The zero-order chi connectivity index (χ0) is 18.1. The van der Waals surface area contributed by atoms with Crippen molar-refractivity contribution >= 4 is 62.9 Å². The molecule has 4 aromatic rings. The number of aromatic nitrogens is 6. The Morgan fingerprint density at radius 1 is 0.880 bits per heavy atom.